The Hall–Kier alpha value is -1.45. The second kappa shape index (κ2) is 5.39. The van der Waals surface area contributed by atoms with Crippen molar-refractivity contribution in [3.05, 3.63) is 42.1 Å². The Bertz CT molecular complexity index is 639. The average molecular weight is 281 g/mol. The zero-order valence-corrected chi connectivity index (χ0v) is 12.7. The molecule has 110 valence electrons. The van der Waals surface area contributed by atoms with E-state index < -0.39 is 0 Å². The number of benzene rings is 1. The van der Waals surface area contributed by atoms with Crippen LogP contribution in [0.4, 0.5) is 0 Å². The molecule has 1 aromatic heterocycles. The third-order valence-electron chi connectivity index (χ3n) is 5.12. The van der Waals surface area contributed by atoms with Crippen LogP contribution in [0.15, 0.2) is 36.5 Å². The van der Waals surface area contributed by atoms with Crippen molar-refractivity contribution in [1.82, 2.24) is 14.8 Å². The first-order valence-electron chi connectivity index (χ1n) is 8.11. The average Bonchev–Trinajstić information content (AvgIpc) is 2.94. The minimum absolute atomic E-state index is 0.656. The molecule has 0 radical (unpaired) electrons. The van der Waals surface area contributed by atoms with Crippen LogP contribution < -0.4 is 0 Å². The van der Waals surface area contributed by atoms with Crippen LogP contribution in [0.25, 0.3) is 10.9 Å². The molecule has 3 nitrogen and oxygen atoms in total. The molecule has 0 bridgehead atoms. The van der Waals surface area contributed by atoms with Gasteiger partial charge < -0.3 is 0 Å². The van der Waals surface area contributed by atoms with Gasteiger partial charge in [-0.25, -0.2) is 0 Å². The minimum atomic E-state index is 0.656. The lowest BCUT2D eigenvalue weighted by atomic mass is 10.1. The van der Waals surface area contributed by atoms with E-state index in [0.29, 0.717) is 6.04 Å². The van der Waals surface area contributed by atoms with Crippen LogP contribution in [0.3, 0.4) is 0 Å². The highest BCUT2D eigenvalue weighted by Gasteiger charge is 2.34. The summed E-state index contributed by atoms with van der Waals surface area (Å²) in [6.45, 7) is 7.21. The molecule has 2 saturated heterocycles. The van der Waals surface area contributed by atoms with Gasteiger partial charge in [-0.1, -0.05) is 12.1 Å². The van der Waals surface area contributed by atoms with Gasteiger partial charge in [0.2, 0.25) is 0 Å². The van der Waals surface area contributed by atoms with Crippen LogP contribution in [0, 0.1) is 0 Å². The first kappa shape index (κ1) is 13.2. The van der Waals surface area contributed by atoms with E-state index in [1.54, 1.807) is 0 Å². The highest BCUT2D eigenvalue weighted by Crippen LogP contribution is 2.26. The first-order chi connectivity index (χ1) is 10.3. The zero-order chi connectivity index (χ0) is 14.2. The predicted octanol–water partition coefficient (Wildman–Crippen LogP) is 2.90. The lowest BCUT2D eigenvalue weighted by molar-refractivity contribution is 0.0540. The molecule has 3 heteroatoms. The fourth-order valence-corrected chi connectivity index (χ4v) is 3.93. The van der Waals surface area contributed by atoms with E-state index in [9.17, 15) is 0 Å². The van der Waals surface area contributed by atoms with Crippen LogP contribution in [0.5, 0.6) is 0 Å². The molecule has 2 aromatic rings. The first-order valence-corrected chi connectivity index (χ1v) is 8.11. The Kier molecular flexibility index (Phi) is 3.40. The third-order valence-corrected chi connectivity index (χ3v) is 5.12. The molecule has 1 aromatic carbocycles. The van der Waals surface area contributed by atoms with Crippen LogP contribution in [-0.2, 0) is 6.54 Å². The van der Waals surface area contributed by atoms with Gasteiger partial charge in [0.25, 0.3) is 0 Å². The zero-order valence-electron chi connectivity index (χ0n) is 12.7. The number of fused-ring (bicyclic) bond motifs is 2. The maximum atomic E-state index is 4.41. The molecule has 3 heterocycles. The van der Waals surface area contributed by atoms with Crippen LogP contribution in [0.1, 0.15) is 25.3 Å². The molecule has 0 unspecified atom stereocenters. The molecule has 0 saturated carbocycles. The Morgan fingerprint density at radius 2 is 2.19 bits per heavy atom. The van der Waals surface area contributed by atoms with E-state index in [4.69, 9.17) is 0 Å². The van der Waals surface area contributed by atoms with E-state index in [0.717, 1.165) is 18.1 Å². The number of aromatic nitrogens is 1. The van der Waals surface area contributed by atoms with E-state index in [-0.39, 0.29) is 0 Å². The largest absolute Gasteiger partial charge is 0.298 e. The minimum Gasteiger partial charge on any atom is -0.298 e. The highest BCUT2D eigenvalue weighted by molar-refractivity contribution is 5.78. The van der Waals surface area contributed by atoms with Crippen molar-refractivity contribution in [3.63, 3.8) is 0 Å². The summed E-state index contributed by atoms with van der Waals surface area (Å²) in [7, 11) is 0. The van der Waals surface area contributed by atoms with E-state index in [2.05, 4.69) is 46.0 Å². The van der Waals surface area contributed by atoms with E-state index >= 15 is 0 Å². The summed E-state index contributed by atoms with van der Waals surface area (Å²) in [5.74, 6) is 0. The second-order valence-electron chi connectivity index (χ2n) is 6.60. The molecule has 2 aliphatic heterocycles. The maximum Gasteiger partial charge on any atom is 0.0702 e. The normalized spacial score (nSPS) is 27.1. The highest BCUT2D eigenvalue weighted by atomic mass is 15.3. The monoisotopic (exact) mass is 281 g/mol. The van der Waals surface area contributed by atoms with Crippen molar-refractivity contribution in [2.45, 2.75) is 38.4 Å². The summed E-state index contributed by atoms with van der Waals surface area (Å²) < 4.78 is 0. The molecule has 0 N–H and O–H groups in total. The molecular weight excluding hydrogens is 258 g/mol. The summed E-state index contributed by atoms with van der Waals surface area (Å²) >= 11 is 0. The molecule has 2 fully saturated rings. The van der Waals surface area contributed by atoms with Crippen LogP contribution >= 0.6 is 0 Å². The predicted molar refractivity (Wildman–Crippen MR) is 86.2 cm³/mol. The molecule has 2 aliphatic rings. The van der Waals surface area contributed by atoms with Gasteiger partial charge in [0.15, 0.2) is 0 Å². The Morgan fingerprint density at radius 3 is 3.14 bits per heavy atom. The van der Waals surface area contributed by atoms with Crippen molar-refractivity contribution in [1.29, 1.82) is 0 Å². The van der Waals surface area contributed by atoms with Crippen molar-refractivity contribution in [2.24, 2.45) is 0 Å². The number of pyridine rings is 1. The molecule has 0 aliphatic carbocycles. The van der Waals surface area contributed by atoms with Gasteiger partial charge >= 0.3 is 0 Å². The molecule has 2 atom stereocenters. The van der Waals surface area contributed by atoms with Crippen molar-refractivity contribution >= 4 is 10.9 Å². The molecule has 0 spiro atoms. The number of rotatable bonds is 2. The molecule has 4 rings (SSSR count). The molecular formula is C18H23N3. The number of hydrogen-bond donors (Lipinski definition) is 0. The topological polar surface area (TPSA) is 19.4 Å². The van der Waals surface area contributed by atoms with Gasteiger partial charge in [-0.05, 0) is 50.1 Å². The Morgan fingerprint density at radius 1 is 1.24 bits per heavy atom. The summed E-state index contributed by atoms with van der Waals surface area (Å²) in [4.78, 5) is 9.75. The standard InChI is InChI=1S/C18H23N3/c1-14-11-20-9-3-5-17(20)13-21(14)12-15-6-7-18-16(10-15)4-2-8-19-18/h2,4,6-8,10,14,17H,3,5,9,11-13H2,1H3/t14-,17-/m1/s1. The fourth-order valence-electron chi connectivity index (χ4n) is 3.93. The smallest absolute Gasteiger partial charge is 0.0702 e. The Balaban J connectivity index is 1.53. The molecule has 21 heavy (non-hydrogen) atoms. The summed E-state index contributed by atoms with van der Waals surface area (Å²) in [5, 5.41) is 1.25. The van der Waals surface area contributed by atoms with Gasteiger partial charge in [0.05, 0.1) is 5.52 Å². The second-order valence-corrected chi connectivity index (χ2v) is 6.60. The maximum absolute atomic E-state index is 4.41. The van der Waals surface area contributed by atoms with Gasteiger partial charge in [-0.2, -0.15) is 0 Å². The van der Waals surface area contributed by atoms with Crippen molar-refractivity contribution in [3.8, 4) is 0 Å². The van der Waals surface area contributed by atoms with Gasteiger partial charge in [0.1, 0.15) is 0 Å². The summed E-state index contributed by atoms with van der Waals surface area (Å²) in [5.41, 5.74) is 2.50. The quantitative estimate of drug-likeness (QED) is 0.844. The van der Waals surface area contributed by atoms with Gasteiger partial charge in [-0.3, -0.25) is 14.8 Å². The lowest BCUT2D eigenvalue weighted by Gasteiger charge is -2.42. The Labute approximate surface area is 126 Å². The van der Waals surface area contributed by atoms with Crippen LogP contribution in [-0.4, -0.2) is 46.5 Å². The SMILES string of the molecule is C[C@@H]1CN2CCC[C@@H]2CN1Cc1ccc2ncccc2c1. The van der Waals surface area contributed by atoms with Gasteiger partial charge in [0, 0.05) is 43.3 Å². The number of nitrogens with zero attached hydrogens (tertiary/aromatic N) is 3. The third kappa shape index (κ3) is 2.56. The van der Waals surface area contributed by atoms with Crippen molar-refractivity contribution < 1.29 is 0 Å². The van der Waals surface area contributed by atoms with E-state index in [1.807, 2.05) is 12.3 Å². The van der Waals surface area contributed by atoms with Crippen LogP contribution in [0.2, 0.25) is 0 Å². The summed E-state index contributed by atoms with van der Waals surface area (Å²) in [6, 6.07) is 12.3. The lowest BCUT2D eigenvalue weighted by Crippen LogP contribution is -2.54. The fraction of sp³-hybridized carbons (Fsp3) is 0.500. The van der Waals surface area contributed by atoms with Gasteiger partial charge in [-0.15, -0.1) is 0 Å². The molecule has 0 amide bonds. The number of hydrogen-bond acceptors (Lipinski definition) is 3. The van der Waals surface area contributed by atoms with Crippen molar-refractivity contribution in [2.75, 3.05) is 19.6 Å². The summed E-state index contributed by atoms with van der Waals surface area (Å²) in [6.07, 6.45) is 4.63. The number of piperazine rings is 1. The van der Waals surface area contributed by atoms with E-state index in [1.165, 1.54) is 43.4 Å².